The zero-order valence-corrected chi connectivity index (χ0v) is 13.2. The van der Waals surface area contributed by atoms with Crippen molar-refractivity contribution in [1.82, 2.24) is 19.9 Å². The van der Waals surface area contributed by atoms with Crippen LogP contribution in [0.5, 0.6) is 0 Å². The molecule has 0 saturated carbocycles. The lowest BCUT2D eigenvalue weighted by atomic mass is 10.2. The minimum atomic E-state index is 0.494. The molecule has 0 fully saturated rings. The first-order valence-electron chi connectivity index (χ1n) is 7.83. The van der Waals surface area contributed by atoms with Gasteiger partial charge in [0.1, 0.15) is 5.82 Å². The van der Waals surface area contributed by atoms with Crippen molar-refractivity contribution >= 4 is 11.0 Å². The molecule has 4 heteroatoms. The number of fused-ring (bicyclic) bond motifs is 1. The number of H-pyrrole nitrogens is 1. The van der Waals surface area contributed by atoms with Gasteiger partial charge in [0.15, 0.2) is 0 Å². The van der Waals surface area contributed by atoms with Crippen LogP contribution in [0.2, 0.25) is 0 Å². The summed E-state index contributed by atoms with van der Waals surface area (Å²) in [4.78, 5) is 14.8. The molecule has 0 saturated heterocycles. The molecule has 1 atom stereocenters. The molecule has 3 aromatic rings. The lowest BCUT2D eigenvalue weighted by molar-refractivity contribution is 0.182. The van der Waals surface area contributed by atoms with Crippen molar-refractivity contribution in [2.24, 2.45) is 0 Å². The fraction of sp³-hybridized carbons (Fsp3) is 0.333. The second-order valence-corrected chi connectivity index (χ2v) is 5.72. The zero-order chi connectivity index (χ0) is 15.4. The van der Waals surface area contributed by atoms with Gasteiger partial charge >= 0.3 is 0 Å². The lowest BCUT2D eigenvalue weighted by Crippen LogP contribution is -2.32. The highest BCUT2D eigenvalue weighted by molar-refractivity contribution is 5.74. The Kier molecular flexibility index (Phi) is 4.49. The predicted molar refractivity (Wildman–Crippen MR) is 89.3 cm³/mol. The number of nitrogens with zero attached hydrogens (tertiary/aromatic N) is 3. The van der Waals surface area contributed by atoms with Crippen molar-refractivity contribution in [3.63, 3.8) is 0 Å². The molecule has 114 valence electrons. The lowest BCUT2D eigenvalue weighted by Gasteiger charge is -2.27. The third-order valence-electron chi connectivity index (χ3n) is 4.11. The molecule has 0 aliphatic rings. The predicted octanol–water partition coefficient (Wildman–Crippen LogP) is 3.76. The van der Waals surface area contributed by atoms with Crippen molar-refractivity contribution in [3.05, 3.63) is 60.2 Å². The molecule has 1 N–H and O–H groups in total. The molecular formula is C18H22N4. The van der Waals surface area contributed by atoms with E-state index in [1.807, 2.05) is 36.7 Å². The van der Waals surface area contributed by atoms with Gasteiger partial charge in [-0.15, -0.1) is 0 Å². The van der Waals surface area contributed by atoms with Crippen LogP contribution in [0.1, 0.15) is 31.7 Å². The smallest absolute Gasteiger partial charge is 0.121 e. The summed E-state index contributed by atoms with van der Waals surface area (Å²) in [6.07, 6.45) is 4.87. The molecule has 2 aromatic heterocycles. The first kappa shape index (κ1) is 14.7. The Morgan fingerprint density at radius 3 is 2.73 bits per heavy atom. The van der Waals surface area contributed by atoms with Crippen molar-refractivity contribution < 1.29 is 0 Å². The number of rotatable bonds is 6. The standard InChI is InChI=1S/C18H22N4/c1-3-14(2)22(12-15-7-6-10-19-11-15)13-18-20-16-8-4-5-9-17(16)21-18/h4-11,14H,3,12-13H2,1-2H3,(H,20,21)/t14-/m0/s1. The fourth-order valence-corrected chi connectivity index (χ4v) is 2.62. The first-order valence-corrected chi connectivity index (χ1v) is 7.83. The van der Waals surface area contributed by atoms with Gasteiger partial charge in [0.2, 0.25) is 0 Å². The monoisotopic (exact) mass is 294 g/mol. The first-order chi connectivity index (χ1) is 10.8. The second-order valence-electron chi connectivity index (χ2n) is 5.72. The Bertz CT molecular complexity index is 687. The van der Waals surface area contributed by atoms with E-state index in [0.29, 0.717) is 6.04 Å². The number of para-hydroxylation sites is 2. The van der Waals surface area contributed by atoms with E-state index in [1.54, 1.807) is 0 Å². The van der Waals surface area contributed by atoms with E-state index >= 15 is 0 Å². The quantitative estimate of drug-likeness (QED) is 0.753. The average Bonchev–Trinajstić information content (AvgIpc) is 2.97. The Labute approximate surface area is 131 Å². The maximum absolute atomic E-state index is 4.70. The van der Waals surface area contributed by atoms with Crippen LogP contribution in [0, 0.1) is 0 Å². The highest BCUT2D eigenvalue weighted by Crippen LogP contribution is 2.16. The molecule has 1 aromatic carbocycles. The molecule has 4 nitrogen and oxygen atoms in total. The van der Waals surface area contributed by atoms with Gasteiger partial charge in [0.05, 0.1) is 17.6 Å². The topological polar surface area (TPSA) is 44.8 Å². The van der Waals surface area contributed by atoms with Gasteiger partial charge in [-0.25, -0.2) is 4.98 Å². The van der Waals surface area contributed by atoms with E-state index in [2.05, 4.69) is 40.8 Å². The zero-order valence-electron chi connectivity index (χ0n) is 13.2. The molecule has 0 unspecified atom stereocenters. The van der Waals surface area contributed by atoms with Gasteiger partial charge in [-0.05, 0) is 37.1 Å². The van der Waals surface area contributed by atoms with E-state index in [4.69, 9.17) is 4.98 Å². The van der Waals surface area contributed by atoms with E-state index in [9.17, 15) is 0 Å². The largest absolute Gasteiger partial charge is 0.341 e. The molecule has 22 heavy (non-hydrogen) atoms. The summed E-state index contributed by atoms with van der Waals surface area (Å²) in [6, 6.07) is 12.8. The van der Waals surface area contributed by atoms with Gasteiger partial charge < -0.3 is 4.98 Å². The van der Waals surface area contributed by atoms with Crippen molar-refractivity contribution in [3.8, 4) is 0 Å². The number of hydrogen-bond donors (Lipinski definition) is 1. The fourth-order valence-electron chi connectivity index (χ4n) is 2.62. The van der Waals surface area contributed by atoms with Crippen LogP contribution in [0.15, 0.2) is 48.8 Å². The molecule has 0 spiro atoms. The molecule has 0 amide bonds. The number of imidazole rings is 1. The number of benzene rings is 1. The highest BCUT2D eigenvalue weighted by Gasteiger charge is 2.15. The van der Waals surface area contributed by atoms with Crippen LogP contribution in [0.4, 0.5) is 0 Å². The number of nitrogens with one attached hydrogen (secondary N) is 1. The molecule has 2 heterocycles. The third-order valence-corrected chi connectivity index (χ3v) is 4.11. The molecule has 0 aliphatic heterocycles. The Morgan fingerprint density at radius 1 is 1.14 bits per heavy atom. The molecule has 3 rings (SSSR count). The molecular weight excluding hydrogens is 272 g/mol. The van der Waals surface area contributed by atoms with Crippen LogP contribution in [-0.2, 0) is 13.1 Å². The van der Waals surface area contributed by atoms with E-state index in [1.165, 1.54) is 5.56 Å². The minimum absolute atomic E-state index is 0.494. The average molecular weight is 294 g/mol. The van der Waals surface area contributed by atoms with Crippen molar-refractivity contribution in [2.45, 2.75) is 39.4 Å². The number of aromatic nitrogens is 3. The van der Waals surface area contributed by atoms with Crippen LogP contribution >= 0.6 is 0 Å². The Balaban J connectivity index is 1.80. The molecule has 0 aliphatic carbocycles. The summed E-state index contributed by atoms with van der Waals surface area (Å²) in [6.45, 7) is 6.19. The summed E-state index contributed by atoms with van der Waals surface area (Å²) in [5, 5.41) is 0. The summed E-state index contributed by atoms with van der Waals surface area (Å²) < 4.78 is 0. The summed E-state index contributed by atoms with van der Waals surface area (Å²) >= 11 is 0. The van der Waals surface area contributed by atoms with Gasteiger partial charge in [0, 0.05) is 25.0 Å². The summed E-state index contributed by atoms with van der Waals surface area (Å²) in [5.41, 5.74) is 3.37. The third kappa shape index (κ3) is 3.34. The van der Waals surface area contributed by atoms with Crippen molar-refractivity contribution in [1.29, 1.82) is 0 Å². The highest BCUT2D eigenvalue weighted by atomic mass is 15.2. The van der Waals surface area contributed by atoms with Crippen LogP contribution in [-0.4, -0.2) is 25.9 Å². The second kappa shape index (κ2) is 6.71. The van der Waals surface area contributed by atoms with E-state index in [0.717, 1.165) is 36.4 Å². The van der Waals surface area contributed by atoms with Crippen LogP contribution in [0.25, 0.3) is 11.0 Å². The molecule has 0 bridgehead atoms. The van der Waals surface area contributed by atoms with Crippen LogP contribution in [0.3, 0.4) is 0 Å². The van der Waals surface area contributed by atoms with E-state index in [-0.39, 0.29) is 0 Å². The van der Waals surface area contributed by atoms with Gasteiger partial charge in [-0.2, -0.15) is 0 Å². The number of hydrogen-bond acceptors (Lipinski definition) is 3. The number of pyridine rings is 1. The van der Waals surface area contributed by atoms with E-state index < -0.39 is 0 Å². The van der Waals surface area contributed by atoms with Gasteiger partial charge in [0.25, 0.3) is 0 Å². The minimum Gasteiger partial charge on any atom is -0.341 e. The van der Waals surface area contributed by atoms with Gasteiger partial charge in [-0.3, -0.25) is 9.88 Å². The number of aromatic amines is 1. The van der Waals surface area contributed by atoms with Crippen molar-refractivity contribution in [2.75, 3.05) is 0 Å². The Morgan fingerprint density at radius 2 is 2.00 bits per heavy atom. The Hall–Kier alpha value is -2.20. The van der Waals surface area contributed by atoms with Gasteiger partial charge in [-0.1, -0.05) is 25.1 Å². The molecule has 0 radical (unpaired) electrons. The maximum atomic E-state index is 4.70. The van der Waals surface area contributed by atoms with Crippen LogP contribution < -0.4 is 0 Å². The summed E-state index contributed by atoms with van der Waals surface area (Å²) in [7, 11) is 0. The summed E-state index contributed by atoms with van der Waals surface area (Å²) in [5.74, 6) is 1.02. The maximum Gasteiger partial charge on any atom is 0.121 e. The SMILES string of the molecule is CC[C@H](C)N(Cc1cccnc1)Cc1nc2ccccc2[nH]1. The normalized spacial score (nSPS) is 12.9.